The van der Waals surface area contributed by atoms with Crippen molar-refractivity contribution in [3.8, 4) is 5.75 Å². The molecule has 5 nitrogen and oxygen atoms in total. The number of benzene rings is 1. The maximum Gasteiger partial charge on any atom is 0.147 e. The molecule has 114 valence electrons. The molecule has 0 spiro atoms. The Kier molecular flexibility index (Phi) is 5.33. The van der Waals surface area contributed by atoms with Gasteiger partial charge in [-0.1, -0.05) is 13.0 Å². The molecule has 0 aliphatic carbocycles. The van der Waals surface area contributed by atoms with Gasteiger partial charge in [-0.2, -0.15) is 0 Å². The Balaban J connectivity index is 2.01. The second-order valence-corrected chi connectivity index (χ2v) is 5.41. The van der Waals surface area contributed by atoms with Gasteiger partial charge < -0.3 is 9.30 Å². The molecular formula is C16H24N4O. The Morgan fingerprint density at radius 2 is 2.10 bits per heavy atom. The minimum atomic E-state index is 0.797. The van der Waals surface area contributed by atoms with Gasteiger partial charge in [0.15, 0.2) is 0 Å². The van der Waals surface area contributed by atoms with Crippen LogP contribution in [0.15, 0.2) is 24.5 Å². The van der Waals surface area contributed by atoms with E-state index in [-0.39, 0.29) is 0 Å². The third-order valence-corrected chi connectivity index (χ3v) is 3.56. The number of hydrogen-bond acceptors (Lipinski definition) is 4. The van der Waals surface area contributed by atoms with Gasteiger partial charge in [-0.25, -0.2) is 0 Å². The summed E-state index contributed by atoms with van der Waals surface area (Å²) >= 11 is 0. The van der Waals surface area contributed by atoms with Crippen LogP contribution in [0, 0.1) is 6.92 Å². The Labute approximate surface area is 126 Å². The molecule has 0 saturated carbocycles. The van der Waals surface area contributed by atoms with Crippen LogP contribution in [-0.2, 0) is 19.6 Å². The first-order chi connectivity index (χ1) is 10.1. The van der Waals surface area contributed by atoms with E-state index in [1.165, 1.54) is 11.1 Å². The van der Waals surface area contributed by atoms with Crippen LogP contribution in [0.25, 0.3) is 0 Å². The van der Waals surface area contributed by atoms with Crippen molar-refractivity contribution in [1.29, 1.82) is 0 Å². The third-order valence-electron chi connectivity index (χ3n) is 3.56. The van der Waals surface area contributed by atoms with E-state index in [1.807, 2.05) is 12.4 Å². The van der Waals surface area contributed by atoms with Crippen molar-refractivity contribution in [3.05, 3.63) is 41.5 Å². The zero-order valence-corrected chi connectivity index (χ0v) is 13.3. The minimum Gasteiger partial charge on any atom is -0.497 e. The van der Waals surface area contributed by atoms with Gasteiger partial charge in [-0.05, 0) is 43.7 Å². The number of aryl methyl sites for hydroxylation is 2. The van der Waals surface area contributed by atoms with E-state index in [2.05, 4.69) is 52.7 Å². The average molecular weight is 288 g/mol. The molecule has 0 amide bonds. The Morgan fingerprint density at radius 3 is 2.76 bits per heavy atom. The number of ether oxygens (including phenoxy) is 1. The van der Waals surface area contributed by atoms with Crippen LogP contribution in [0.5, 0.6) is 5.75 Å². The molecule has 0 N–H and O–H groups in total. The normalized spacial score (nSPS) is 11.1. The molecule has 0 atom stereocenters. The second kappa shape index (κ2) is 7.22. The van der Waals surface area contributed by atoms with Gasteiger partial charge in [0, 0.05) is 13.1 Å². The molecule has 0 fully saturated rings. The predicted octanol–water partition coefficient (Wildman–Crippen LogP) is 2.64. The number of rotatable bonds is 7. The first-order valence-electron chi connectivity index (χ1n) is 7.32. The fourth-order valence-corrected chi connectivity index (χ4v) is 2.39. The van der Waals surface area contributed by atoms with E-state index in [0.29, 0.717) is 0 Å². The molecule has 1 heterocycles. The molecule has 2 aromatic rings. The van der Waals surface area contributed by atoms with Crippen LogP contribution >= 0.6 is 0 Å². The van der Waals surface area contributed by atoms with Crippen LogP contribution in [0.1, 0.15) is 30.3 Å². The monoisotopic (exact) mass is 288 g/mol. The molecular weight excluding hydrogens is 264 g/mol. The number of hydrogen-bond donors (Lipinski definition) is 0. The highest BCUT2D eigenvalue weighted by molar-refractivity contribution is 5.34. The quantitative estimate of drug-likeness (QED) is 0.785. The fraction of sp³-hybridized carbons (Fsp3) is 0.500. The van der Waals surface area contributed by atoms with Gasteiger partial charge in [0.1, 0.15) is 17.9 Å². The molecule has 1 aromatic heterocycles. The fourth-order valence-electron chi connectivity index (χ4n) is 2.39. The van der Waals surface area contributed by atoms with Gasteiger partial charge in [0.05, 0.1) is 13.7 Å². The van der Waals surface area contributed by atoms with E-state index in [4.69, 9.17) is 4.74 Å². The molecule has 5 heteroatoms. The van der Waals surface area contributed by atoms with Crippen LogP contribution in [0.3, 0.4) is 0 Å². The van der Waals surface area contributed by atoms with E-state index < -0.39 is 0 Å². The Hall–Kier alpha value is -1.88. The van der Waals surface area contributed by atoms with Crippen molar-refractivity contribution in [2.45, 2.75) is 39.9 Å². The molecule has 21 heavy (non-hydrogen) atoms. The lowest BCUT2D eigenvalue weighted by atomic mass is 10.1. The molecule has 0 bridgehead atoms. The van der Waals surface area contributed by atoms with E-state index >= 15 is 0 Å². The lowest BCUT2D eigenvalue weighted by Crippen LogP contribution is -2.20. The summed E-state index contributed by atoms with van der Waals surface area (Å²) in [7, 11) is 3.80. The molecule has 2 rings (SSSR count). The smallest absolute Gasteiger partial charge is 0.147 e. The first kappa shape index (κ1) is 15.5. The average Bonchev–Trinajstić information content (AvgIpc) is 2.88. The lowest BCUT2D eigenvalue weighted by molar-refractivity contribution is 0.303. The van der Waals surface area contributed by atoms with Crippen molar-refractivity contribution in [2.75, 3.05) is 14.2 Å². The summed E-state index contributed by atoms with van der Waals surface area (Å²) in [5.41, 5.74) is 2.55. The summed E-state index contributed by atoms with van der Waals surface area (Å²) in [4.78, 5) is 2.25. The summed E-state index contributed by atoms with van der Waals surface area (Å²) in [5.74, 6) is 1.92. The van der Waals surface area contributed by atoms with Crippen molar-refractivity contribution in [1.82, 2.24) is 19.7 Å². The number of aromatic nitrogens is 3. The van der Waals surface area contributed by atoms with Crippen LogP contribution < -0.4 is 4.74 Å². The van der Waals surface area contributed by atoms with Crippen molar-refractivity contribution in [2.24, 2.45) is 0 Å². The summed E-state index contributed by atoms with van der Waals surface area (Å²) in [6, 6.07) is 6.21. The maximum atomic E-state index is 5.25. The topological polar surface area (TPSA) is 43.2 Å². The molecule has 0 aliphatic heterocycles. The second-order valence-electron chi connectivity index (χ2n) is 5.41. The van der Waals surface area contributed by atoms with Crippen LogP contribution in [0.2, 0.25) is 0 Å². The number of methoxy groups -OCH3 is 1. The summed E-state index contributed by atoms with van der Waals surface area (Å²) in [5, 5.41) is 8.23. The molecule has 0 unspecified atom stereocenters. The summed E-state index contributed by atoms with van der Waals surface area (Å²) in [6.45, 7) is 6.93. The highest BCUT2D eigenvalue weighted by Crippen LogP contribution is 2.18. The van der Waals surface area contributed by atoms with Gasteiger partial charge >= 0.3 is 0 Å². The zero-order chi connectivity index (χ0) is 15.2. The van der Waals surface area contributed by atoms with Gasteiger partial charge in [-0.3, -0.25) is 4.90 Å². The van der Waals surface area contributed by atoms with Gasteiger partial charge in [0.2, 0.25) is 0 Å². The van der Waals surface area contributed by atoms with Crippen LogP contribution in [0.4, 0.5) is 0 Å². The highest BCUT2D eigenvalue weighted by Gasteiger charge is 2.09. The summed E-state index contributed by atoms with van der Waals surface area (Å²) < 4.78 is 7.37. The minimum absolute atomic E-state index is 0.797. The zero-order valence-electron chi connectivity index (χ0n) is 13.3. The van der Waals surface area contributed by atoms with E-state index in [1.54, 1.807) is 7.11 Å². The Morgan fingerprint density at radius 1 is 1.29 bits per heavy atom. The van der Waals surface area contributed by atoms with Crippen molar-refractivity contribution >= 4 is 0 Å². The van der Waals surface area contributed by atoms with Gasteiger partial charge in [-0.15, -0.1) is 10.2 Å². The van der Waals surface area contributed by atoms with E-state index in [0.717, 1.165) is 37.6 Å². The molecule has 0 radical (unpaired) electrons. The predicted molar refractivity (Wildman–Crippen MR) is 83.2 cm³/mol. The molecule has 1 aromatic carbocycles. The van der Waals surface area contributed by atoms with Gasteiger partial charge in [0.25, 0.3) is 0 Å². The van der Waals surface area contributed by atoms with Crippen molar-refractivity contribution in [3.63, 3.8) is 0 Å². The number of nitrogens with zero attached hydrogens (tertiary/aromatic N) is 4. The largest absolute Gasteiger partial charge is 0.497 e. The highest BCUT2D eigenvalue weighted by atomic mass is 16.5. The lowest BCUT2D eigenvalue weighted by Gasteiger charge is -2.18. The SMILES string of the molecule is CCCn1cnnc1CN(C)Cc1ccc(OC)cc1C. The summed E-state index contributed by atoms with van der Waals surface area (Å²) in [6.07, 6.45) is 2.90. The standard InChI is InChI=1S/C16H24N4O/c1-5-8-20-12-17-18-16(20)11-19(3)10-14-6-7-15(21-4)9-13(14)2/h6-7,9,12H,5,8,10-11H2,1-4H3. The first-order valence-corrected chi connectivity index (χ1v) is 7.32. The Bertz CT molecular complexity index is 579. The van der Waals surface area contributed by atoms with E-state index in [9.17, 15) is 0 Å². The molecule has 0 saturated heterocycles. The van der Waals surface area contributed by atoms with Crippen molar-refractivity contribution < 1.29 is 4.74 Å². The molecule has 0 aliphatic rings. The maximum absolute atomic E-state index is 5.25. The third kappa shape index (κ3) is 4.04. The van der Waals surface area contributed by atoms with Crippen LogP contribution in [-0.4, -0.2) is 33.8 Å².